The van der Waals surface area contributed by atoms with E-state index in [0.29, 0.717) is 18.1 Å². The van der Waals surface area contributed by atoms with Gasteiger partial charge in [0.1, 0.15) is 0 Å². The highest BCUT2D eigenvalue weighted by atomic mass is 16.4. The Balaban J connectivity index is 0.000000312. The Morgan fingerprint density at radius 2 is 1.62 bits per heavy atom. The Morgan fingerprint density at radius 3 is 2.25 bits per heavy atom. The van der Waals surface area contributed by atoms with Crippen LogP contribution in [0.2, 0.25) is 0 Å². The summed E-state index contributed by atoms with van der Waals surface area (Å²) in [6.07, 6.45) is 5.86. The number of aliphatic carboxylic acids is 2. The van der Waals surface area contributed by atoms with Crippen molar-refractivity contribution in [1.82, 2.24) is 14.9 Å². The number of benzene rings is 2. The van der Waals surface area contributed by atoms with Crippen LogP contribution in [0.1, 0.15) is 29.0 Å². The third-order valence-electron chi connectivity index (χ3n) is 5.15. The standard InChI is InChI=1S/C21H21N3.C4H4O4/c1-24-13-10-20(16-6-3-2-4-7-16)19-9-8-17(14-18(19)15-24)21-22-11-5-12-23-21;5-3(6)1-2-4(7)8/h2-9,11-12,14,20H,10,13,15H2,1H3;1-2H,(H,5,6)(H,7,8)/b;2-1-. The molecule has 7 nitrogen and oxygen atoms in total. The minimum atomic E-state index is -1.26. The first-order valence-electron chi connectivity index (χ1n) is 10.2. The molecule has 2 N–H and O–H groups in total. The van der Waals surface area contributed by atoms with Crippen LogP contribution in [0, 0.1) is 0 Å². The molecular formula is C25H25N3O4. The Labute approximate surface area is 186 Å². The van der Waals surface area contributed by atoms with E-state index in [1.807, 2.05) is 6.07 Å². The molecule has 7 heteroatoms. The van der Waals surface area contributed by atoms with Crippen molar-refractivity contribution in [3.8, 4) is 11.4 Å². The molecule has 1 aliphatic rings. The Morgan fingerprint density at radius 1 is 0.969 bits per heavy atom. The van der Waals surface area contributed by atoms with E-state index in [2.05, 4.69) is 70.4 Å². The lowest BCUT2D eigenvalue weighted by molar-refractivity contribution is -0.134. The molecule has 0 fully saturated rings. The molecule has 0 aliphatic carbocycles. The van der Waals surface area contributed by atoms with E-state index < -0.39 is 11.9 Å². The van der Waals surface area contributed by atoms with Gasteiger partial charge in [-0.1, -0.05) is 42.5 Å². The summed E-state index contributed by atoms with van der Waals surface area (Å²) < 4.78 is 0. The van der Waals surface area contributed by atoms with Crippen molar-refractivity contribution in [3.05, 3.63) is 95.8 Å². The second-order valence-electron chi connectivity index (χ2n) is 7.49. The van der Waals surface area contributed by atoms with Crippen LogP contribution in [0.15, 0.2) is 79.1 Å². The fourth-order valence-corrected chi connectivity index (χ4v) is 3.72. The summed E-state index contributed by atoms with van der Waals surface area (Å²) >= 11 is 0. The van der Waals surface area contributed by atoms with Crippen molar-refractivity contribution in [2.24, 2.45) is 0 Å². The fourth-order valence-electron chi connectivity index (χ4n) is 3.72. The molecule has 0 spiro atoms. The number of carboxylic acid groups (broad SMARTS) is 2. The first-order valence-corrected chi connectivity index (χ1v) is 10.2. The predicted molar refractivity (Wildman–Crippen MR) is 121 cm³/mol. The van der Waals surface area contributed by atoms with Gasteiger partial charge in [0.25, 0.3) is 0 Å². The minimum Gasteiger partial charge on any atom is -0.478 e. The van der Waals surface area contributed by atoms with Crippen molar-refractivity contribution in [2.75, 3.05) is 13.6 Å². The molecule has 3 aromatic rings. The van der Waals surface area contributed by atoms with Gasteiger partial charge in [-0.05, 0) is 48.8 Å². The summed E-state index contributed by atoms with van der Waals surface area (Å²) in [4.78, 5) is 30.3. The first-order chi connectivity index (χ1) is 15.4. The highest BCUT2D eigenvalue weighted by Gasteiger charge is 2.22. The Hall–Kier alpha value is -3.84. The quantitative estimate of drug-likeness (QED) is 0.605. The van der Waals surface area contributed by atoms with E-state index in [1.54, 1.807) is 12.4 Å². The van der Waals surface area contributed by atoms with Crippen LogP contribution in [-0.4, -0.2) is 50.6 Å². The van der Waals surface area contributed by atoms with Crippen molar-refractivity contribution in [2.45, 2.75) is 18.9 Å². The van der Waals surface area contributed by atoms with E-state index in [0.717, 1.165) is 30.9 Å². The van der Waals surface area contributed by atoms with Crippen LogP contribution in [0.4, 0.5) is 0 Å². The number of aromatic nitrogens is 2. The summed E-state index contributed by atoms with van der Waals surface area (Å²) in [5.74, 6) is -1.26. The van der Waals surface area contributed by atoms with Gasteiger partial charge in [-0.15, -0.1) is 0 Å². The van der Waals surface area contributed by atoms with E-state index in [1.165, 1.54) is 16.7 Å². The largest absolute Gasteiger partial charge is 0.478 e. The zero-order chi connectivity index (χ0) is 22.9. The fraction of sp³-hybridized carbons (Fsp3) is 0.200. The topological polar surface area (TPSA) is 104 Å². The van der Waals surface area contributed by atoms with E-state index in [4.69, 9.17) is 10.2 Å². The number of hydrogen-bond donors (Lipinski definition) is 2. The van der Waals surface area contributed by atoms with E-state index in [9.17, 15) is 9.59 Å². The molecule has 164 valence electrons. The predicted octanol–water partition coefficient (Wildman–Crippen LogP) is 3.82. The van der Waals surface area contributed by atoms with Crippen molar-refractivity contribution in [3.63, 3.8) is 0 Å². The molecule has 0 saturated carbocycles. The number of nitrogens with zero attached hydrogens (tertiary/aromatic N) is 3. The molecule has 2 aromatic carbocycles. The van der Waals surface area contributed by atoms with E-state index >= 15 is 0 Å². The molecule has 1 unspecified atom stereocenters. The highest BCUT2D eigenvalue weighted by molar-refractivity contribution is 5.89. The average molecular weight is 431 g/mol. The number of fused-ring (bicyclic) bond motifs is 1. The lowest BCUT2D eigenvalue weighted by Crippen LogP contribution is -2.17. The Kier molecular flexibility index (Phi) is 7.83. The lowest BCUT2D eigenvalue weighted by Gasteiger charge is -2.18. The van der Waals surface area contributed by atoms with Crippen LogP contribution in [-0.2, 0) is 16.1 Å². The third-order valence-corrected chi connectivity index (χ3v) is 5.15. The molecule has 0 saturated heterocycles. The smallest absolute Gasteiger partial charge is 0.328 e. The van der Waals surface area contributed by atoms with E-state index in [-0.39, 0.29) is 0 Å². The minimum absolute atomic E-state index is 0.455. The maximum absolute atomic E-state index is 9.55. The molecule has 4 rings (SSSR count). The third kappa shape index (κ3) is 6.33. The molecule has 32 heavy (non-hydrogen) atoms. The zero-order valence-electron chi connectivity index (χ0n) is 17.8. The molecule has 0 amide bonds. The summed E-state index contributed by atoms with van der Waals surface area (Å²) in [5, 5.41) is 15.6. The number of hydrogen-bond acceptors (Lipinski definition) is 5. The normalized spacial score (nSPS) is 15.8. The number of rotatable bonds is 4. The van der Waals surface area contributed by atoms with Gasteiger partial charge in [0.15, 0.2) is 5.82 Å². The summed E-state index contributed by atoms with van der Waals surface area (Å²) in [6.45, 7) is 2.07. The SMILES string of the molecule is CN1CCC(c2ccccc2)c2ccc(-c3ncccn3)cc2C1.O=C(O)/C=C\C(=O)O. The summed E-state index contributed by atoms with van der Waals surface area (Å²) in [7, 11) is 2.20. The van der Waals surface area contributed by atoms with Crippen LogP contribution in [0.5, 0.6) is 0 Å². The van der Waals surface area contributed by atoms with Gasteiger partial charge in [0, 0.05) is 42.6 Å². The second kappa shape index (κ2) is 11.0. The van der Waals surface area contributed by atoms with Crippen LogP contribution < -0.4 is 0 Å². The Bertz CT molecular complexity index is 1070. The second-order valence-corrected chi connectivity index (χ2v) is 7.49. The van der Waals surface area contributed by atoms with Gasteiger partial charge in [0.2, 0.25) is 0 Å². The first kappa shape index (κ1) is 22.8. The molecule has 0 bridgehead atoms. The molecule has 0 radical (unpaired) electrons. The highest BCUT2D eigenvalue weighted by Crippen LogP contribution is 2.35. The van der Waals surface area contributed by atoms with Gasteiger partial charge >= 0.3 is 11.9 Å². The van der Waals surface area contributed by atoms with Gasteiger partial charge in [-0.25, -0.2) is 19.6 Å². The zero-order valence-corrected chi connectivity index (χ0v) is 17.8. The van der Waals surface area contributed by atoms with Gasteiger partial charge in [0.05, 0.1) is 0 Å². The maximum Gasteiger partial charge on any atom is 0.328 e. The number of carboxylic acids is 2. The van der Waals surface area contributed by atoms with Crippen LogP contribution in [0.3, 0.4) is 0 Å². The maximum atomic E-state index is 9.55. The van der Waals surface area contributed by atoms with Crippen molar-refractivity contribution >= 4 is 11.9 Å². The van der Waals surface area contributed by atoms with Crippen molar-refractivity contribution < 1.29 is 19.8 Å². The van der Waals surface area contributed by atoms with Gasteiger partial charge in [-0.3, -0.25) is 0 Å². The molecule has 1 aromatic heterocycles. The molecular weight excluding hydrogens is 406 g/mol. The lowest BCUT2D eigenvalue weighted by atomic mass is 9.86. The molecule has 1 atom stereocenters. The summed E-state index contributed by atoms with van der Waals surface area (Å²) in [5.41, 5.74) is 5.31. The number of carbonyl (C=O) groups is 2. The molecule has 1 aliphatic heterocycles. The molecule has 2 heterocycles. The average Bonchev–Trinajstić information content (AvgIpc) is 2.97. The monoisotopic (exact) mass is 431 g/mol. The summed E-state index contributed by atoms with van der Waals surface area (Å²) in [6, 6.07) is 19.4. The van der Waals surface area contributed by atoms with Crippen LogP contribution >= 0.6 is 0 Å². The van der Waals surface area contributed by atoms with Crippen molar-refractivity contribution in [1.29, 1.82) is 0 Å². The van der Waals surface area contributed by atoms with Crippen LogP contribution in [0.25, 0.3) is 11.4 Å². The van der Waals surface area contributed by atoms with Gasteiger partial charge in [-0.2, -0.15) is 0 Å². The van der Waals surface area contributed by atoms with Gasteiger partial charge < -0.3 is 15.1 Å².